The first-order chi connectivity index (χ1) is 9.39. The number of hydrogen-bond acceptors (Lipinski definition) is 5. The SMILES string of the molecule is COc1ccc(OC2CCN2C(=O)OC(C)(C)C)cn1. The molecule has 2 rings (SSSR count). The molecule has 0 aliphatic carbocycles. The third kappa shape index (κ3) is 3.53. The molecule has 1 aliphatic heterocycles. The van der Waals surface area contributed by atoms with E-state index in [1.165, 1.54) is 0 Å². The zero-order valence-corrected chi connectivity index (χ0v) is 12.3. The molecule has 1 amide bonds. The van der Waals surface area contributed by atoms with E-state index in [1.807, 2.05) is 20.8 Å². The van der Waals surface area contributed by atoms with Crippen LogP contribution >= 0.6 is 0 Å². The summed E-state index contributed by atoms with van der Waals surface area (Å²) in [5, 5.41) is 0. The van der Waals surface area contributed by atoms with Crippen molar-refractivity contribution in [1.29, 1.82) is 0 Å². The molecule has 6 nitrogen and oxygen atoms in total. The van der Waals surface area contributed by atoms with Gasteiger partial charge in [-0.1, -0.05) is 0 Å². The maximum atomic E-state index is 11.9. The minimum absolute atomic E-state index is 0.292. The molecule has 1 aromatic rings. The summed E-state index contributed by atoms with van der Waals surface area (Å²) in [4.78, 5) is 17.6. The van der Waals surface area contributed by atoms with Gasteiger partial charge in [-0.2, -0.15) is 0 Å². The maximum absolute atomic E-state index is 11.9. The summed E-state index contributed by atoms with van der Waals surface area (Å²) in [5.41, 5.74) is -0.501. The van der Waals surface area contributed by atoms with Crippen LogP contribution in [0.5, 0.6) is 11.6 Å². The molecule has 110 valence electrons. The third-order valence-electron chi connectivity index (χ3n) is 2.78. The quantitative estimate of drug-likeness (QED) is 0.851. The van der Waals surface area contributed by atoms with Crippen LogP contribution in [0.4, 0.5) is 4.79 Å². The van der Waals surface area contributed by atoms with E-state index in [9.17, 15) is 4.79 Å². The van der Waals surface area contributed by atoms with Gasteiger partial charge >= 0.3 is 6.09 Å². The van der Waals surface area contributed by atoms with Crippen LogP contribution in [0.15, 0.2) is 18.3 Å². The van der Waals surface area contributed by atoms with Crippen molar-refractivity contribution < 1.29 is 19.0 Å². The highest BCUT2D eigenvalue weighted by molar-refractivity contribution is 5.69. The molecular formula is C14H20N2O4. The number of nitrogens with zero attached hydrogens (tertiary/aromatic N) is 2. The van der Waals surface area contributed by atoms with Crippen LogP contribution in [0.1, 0.15) is 27.2 Å². The Morgan fingerprint density at radius 3 is 2.60 bits per heavy atom. The Morgan fingerprint density at radius 2 is 2.15 bits per heavy atom. The maximum Gasteiger partial charge on any atom is 0.413 e. The molecule has 6 heteroatoms. The van der Waals surface area contributed by atoms with E-state index in [0.29, 0.717) is 18.2 Å². The Bertz CT molecular complexity index is 467. The van der Waals surface area contributed by atoms with Gasteiger partial charge in [-0.05, 0) is 26.8 Å². The number of amides is 1. The van der Waals surface area contributed by atoms with Gasteiger partial charge < -0.3 is 14.2 Å². The monoisotopic (exact) mass is 280 g/mol. The molecule has 1 atom stereocenters. The molecule has 1 saturated heterocycles. The van der Waals surface area contributed by atoms with Crippen LogP contribution in [-0.2, 0) is 4.74 Å². The van der Waals surface area contributed by atoms with Crippen LogP contribution in [0.2, 0.25) is 0 Å². The summed E-state index contributed by atoms with van der Waals surface area (Å²) in [6, 6.07) is 3.48. The average Bonchev–Trinajstić information content (AvgIpc) is 2.33. The number of methoxy groups -OCH3 is 1. The number of likely N-dealkylation sites (tertiary alicyclic amines) is 1. The predicted octanol–water partition coefficient (Wildman–Crippen LogP) is 2.44. The van der Waals surface area contributed by atoms with Gasteiger partial charge in [-0.25, -0.2) is 9.78 Å². The normalized spacial score (nSPS) is 18.2. The number of carbonyl (C=O) groups excluding carboxylic acids is 1. The molecular weight excluding hydrogens is 260 g/mol. The molecule has 1 aromatic heterocycles. The molecule has 0 saturated carbocycles. The van der Waals surface area contributed by atoms with Gasteiger partial charge in [0.15, 0.2) is 6.23 Å². The molecule has 1 aliphatic rings. The fourth-order valence-corrected chi connectivity index (χ4v) is 1.73. The molecule has 1 fully saturated rings. The van der Waals surface area contributed by atoms with E-state index < -0.39 is 5.60 Å². The Labute approximate surface area is 118 Å². The number of carbonyl (C=O) groups is 1. The lowest BCUT2D eigenvalue weighted by atomic mass is 10.2. The van der Waals surface area contributed by atoms with Crippen molar-refractivity contribution in [2.75, 3.05) is 13.7 Å². The zero-order valence-electron chi connectivity index (χ0n) is 12.3. The topological polar surface area (TPSA) is 60.9 Å². The Hall–Kier alpha value is -1.98. The first-order valence-electron chi connectivity index (χ1n) is 6.55. The van der Waals surface area contributed by atoms with E-state index in [2.05, 4.69) is 4.98 Å². The first kappa shape index (κ1) is 14.4. The summed E-state index contributed by atoms with van der Waals surface area (Å²) in [5.74, 6) is 1.12. The van der Waals surface area contributed by atoms with E-state index in [0.717, 1.165) is 6.42 Å². The number of pyridine rings is 1. The second-order valence-corrected chi connectivity index (χ2v) is 5.57. The van der Waals surface area contributed by atoms with Crippen LogP contribution in [0.25, 0.3) is 0 Å². The van der Waals surface area contributed by atoms with E-state index in [1.54, 1.807) is 30.3 Å². The minimum atomic E-state index is -0.501. The van der Waals surface area contributed by atoms with Crippen LogP contribution in [-0.4, -0.2) is 41.5 Å². The molecule has 0 bridgehead atoms. The van der Waals surface area contributed by atoms with Gasteiger partial charge in [0.2, 0.25) is 5.88 Å². The summed E-state index contributed by atoms with van der Waals surface area (Å²) in [7, 11) is 1.55. The molecule has 0 spiro atoms. The number of hydrogen-bond donors (Lipinski definition) is 0. The Balaban J connectivity index is 1.91. The van der Waals surface area contributed by atoms with Crippen molar-refractivity contribution in [2.45, 2.75) is 39.0 Å². The second kappa shape index (κ2) is 5.56. The van der Waals surface area contributed by atoms with Crippen molar-refractivity contribution in [3.05, 3.63) is 18.3 Å². The highest BCUT2D eigenvalue weighted by Crippen LogP contribution is 2.25. The Kier molecular flexibility index (Phi) is 4.01. The molecule has 0 aromatic carbocycles. The lowest BCUT2D eigenvalue weighted by Crippen LogP contribution is -2.55. The summed E-state index contributed by atoms with van der Waals surface area (Å²) in [6.45, 7) is 6.17. The van der Waals surface area contributed by atoms with Crippen molar-refractivity contribution in [3.63, 3.8) is 0 Å². The summed E-state index contributed by atoms with van der Waals surface area (Å²) < 4.78 is 16.0. The molecule has 1 unspecified atom stereocenters. The van der Waals surface area contributed by atoms with Crippen molar-refractivity contribution in [3.8, 4) is 11.6 Å². The van der Waals surface area contributed by atoms with Gasteiger partial charge in [-0.3, -0.25) is 4.90 Å². The highest BCUT2D eigenvalue weighted by Gasteiger charge is 2.36. The minimum Gasteiger partial charge on any atom is -0.481 e. The third-order valence-corrected chi connectivity index (χ3v) is 2.78. The summed E-state index contributed by atoms with van der Waals surface area (Å²) in [6.07, 6.45) is 1.71. The van der Waals surface area contributed by atoms with E-state index in [4.69, 9.17) is 14.2 Å². The Morgan fingerprint density at radius 1 is 1.40 bits per heavy atom. The fourth-order valence-electron chi connectivity index (χ4n) is 1.73. The van der Waals surface area contributed by atoms with E-state index >= 15 is 0 Å². The molecule has 20 heavy (non-hydrogen) atoms. The van der Waals surface area contributed by atoms with Gasteiger partial charge in [0.1, 0.15) is 11.4 Å². The number of ether oxygens (including phenoxy) is 3. The van der Waals surface area contributed by atoms with Crippen molar-refractivity contribution in [1.82, 2.24) is 9.88 Å². The van der Waals surface area contributed by atoms with Crippen molar-refractivity contribution >= 4 is 6.09 Å². The molecule has 2 heterocycles. The summed E-state index contributed by atoms with van der Waals surface area (Å²) >= 11 is 0. The van der Waals surface area contributed by atoms with Gasteiger partial charge in [0, 0.05) is 19.0 Å². The zero-order chi connectivity index (χ0) is 14.8. The van der Waals surface area contributed by atoms with Gasteiger partial charge in [-0.15, -0.1) is 0 Å². The van der Waals surface area contributed by atoms with Crippen LogP contribution in [0.3, 0.4) is 0 Å². The molecule has 0 radical (unpaired) electrons. The number of rotatable bonds is 3. The second-order valence-electron chi connectivity index (χ2n) is 5.57. The molecule has 0 N–H and O–H groups in total. The van der Waals surface area contributed by atoms with Gasteiger partial charge in [0.05, 0.1) is 13.3 Å². The van der Waals surface area contributed by atoms with Crippen LogP contribution in [0, 0.1) is 0 Å². The first-order valence-corrected chi connectivity index (χ1v) is 6.55. The van der Waals surface area contributed by atoms with Crippen molar-refractivity contribution in [2.24, 2.45) is 0 Å². The van der Waals surface area contributed by atoms with Gasteiger partial charge in [0.25, 0.3) is 0 Å². The largest absolute Gasteiger partial charge is 0.481 e. The van der Waals surface area contributed by atoms with Crippen LogP contribution < -0.4 is 9.47 Å². The predicted molar refractivity (Wildman–Crippen MR) is 72.8 cm³/mol. The smallest absolute Gasteiger partial charge is 0.413 e. The standard InChI is InChI=1S/C14H20N2O4/c1-14(2,3)20-13(17)16-8-7-12(16)19-10-5-6-11(18-4)15-9-10/h5-6,9,12H,7-8H2,1-4H3. The van der Waals surface area contributed by atoms with E-state index in [-0.39, 0.29) is 12.3 Å². The fraction of sp³-hybridized carbons (Fsp3) is 0.571. The number of aromatic nitrogens is 1. The highest BCUT2D eigenvalue weighted by atomic mass is 16.6. The average molecular weight is 280 g/mol. The lowest BCUT2D eigenvalue weighted by molar-refractivity contribution is -0.0662. The lowest BCUT2D eigenvalue weighted by Gasteiger charge is -2.40.